The van der Waals surface area contributed by atoms with Crippen molar-refractivity contribution in [3.05, 3.63) is 35.8 Å². The molecule has 2 atom stereocenters. The van der Waals surface area contributed by atoms with Gasteiger partial charge < -0.3 is 29.0 Å². The number of imidazole rings is 1. The lowest BCUT2D eigenvalue weighted by molar-refractivity contribution is -0.140. The third kappa shape index (κ3) is 6.25. The first-order valence-electron chi connectivity index (χ1n) is 13.3. The number of aromatic nitrogens is 2. The van der Waals surface area contributed by atoms with Crippen LogP contribution in [-0.4, -0.2) is 96.7 Å². The normalized spacial score (nSPS) is 20.7. The van der Waals surface area contributed by atoms with Crippen LogP contribution in [0.4, 0.5) is 0 Å². The second kappa shape index (κ2) is 12.7. The van der Waals surface area contributed by atoms with E-state index in [-0.39, 0.29) is 23.8 Å². The molecule has 0 radical (unpaired) electrons. The Labute approximate surface area is 214 Å². The molecule has 0 bridgehead atoms. The van der Waals surface area contributed by atoms with Gasteiger partial charge in [0.1, 0.15) is 5.65 Å². The van der Waals surface area contributed by atoms with Gasteiger partial charge in [0.15, 0.2) is 5.69 Å². The minimum atomic E-state index is -0.140. The molecule has 198 valence electrons. The zero-order valence-electron chi connectivity index (χ0n) is 21.9. The molecule has 0 saturated carbocycles. The van der Waals surface area contributed by atoms with E-state index in [9.17, 15) is 9.59 Å². The number of nitrogens with one attached hydrogen (secondary N) is 1. The quantitative estimate of drug-likeness (QED) is 0.505. The zero-order chi connectivity index (χ0) is 25.5. The van der Waals surface area contributed by atoms with Crippen molar-refractivity contribution in [3.63, 3.8) is 0 Å². The second-order valence-electron chi connectivity index (χ2n) is 10.3. The van der Waals surface area contributed by atoms with Gasteiger partial charge >= 0.3 is 0 Å². The molecular weight excluding hydrogens is 458 g/mol. The molecule has 0 aliphatic carbocycles. The van der Waals surface area contributed by atoms with E-state index in [2.05, 4.69) is 19.2 Å². The number of fused-ring (bicyclic) bond motifs is 1. The molecule has 0 spiro atoms. The Morgan fingerprint density at radius 2 is 2.03 bits per heavy atom. The Kier molecular flexibility index (Phi) is 9.34. The fraction of sp³-hybridized carbons (Fsp3) is 0.667. The van der Waals surface area contributed by atoms with E-state index in [0.717, 1.165) is 30.6 Å². The minimum absolute atomic E-state index is 0.0413. The molecule has 0 unspecified atom stereocenters. The van der Waals surface area contributed by atoms with Crippen LogP contribution in [0.2, 0.25) is 0 Å². The molecule has 2 aliphatic heterocycles. The number of carbonyl (C=O) groups is 2. The van der Waals surface area contributed by atoms with Crippen LogP contribution < -0.4 is 5.32 Å². The molecule has 36 heavy (non-hydrogen) atoms. The summed E-state index contributed by atoms with van der Waals surface area (Å²) in [4.78, 5) is 36.0. The number of hydrogen-bond acceptors (Lipinski definition) is 6. The topological polar surface area (TPSA) is 88.4 Å². The van der Waals surface area contributed by atoms with Gasteiger partial charge in [-0.1, -0.05) is 19.9 Å². The highest BCUT2D eigenvalue weighted by molar-refractivity contribution is 5.95. The zero-order valence-corrected chi connectivity index (χ0v) is 21.9. The Morgan fingerprint density at radius 3 is 2.78 bits per heavy atom. The van der Waals surface area contributed by atoms with Gasteiger partial charge in [-0.15, -0.1) is 0 Å². The van der Waals surface area contributed by atoms with E-state index in [1.807, 2.05) is 38.6 Å². The number of pyridine rings is 1. The number of amides is 2. The third-order valence-corrected chi connectivity index (χ3v) is 7.11. The Balaban J connectivity index is 1.57. The molecule has 1 N–H and O–H groups in total. The number of aryl methyl sites for hydroxylation is 1. The maximum Gasteiger partial charge on any atom is 0.274 e. The van der Waals surface area contributed by atoms with Crippen molar-refractivity contribution >= 4 is 17.5 Å². The average Bonchev–Trinajstić information content (AvgIpc) is 3.28. The first kappa shape index (κ1) is 26.6. The molecule has 4 heterocycles. The van der Waals surface area contributed by atoms with Crippen LogP contribution in [0.1, 0.15) is 49.3 Å². The number of morpholine rings is 1. The van der Waals surface area contributed by atoms with Crippen molar-refractivity contribution in [3.8, 4) is 0 Å². The van der Waals surface area contributed by atoms with E-state index in [4.69, 9.17) is 14.5 Å². The van der Waals surface area contributed by atoms with E-state index in [0.29, 0.717) is 70.6 Å². The van der Waals surface area contributed by atoms with Crippen LogP contribution in [0.3, 0.4) is 0 Å². The summed E-state index contributed by atoms with van der Waals surface area (Å²) >= 11 is 0. The van der Waals surface area contributed by atoms with Crippen molar-refractivity contribution in [2.24, 2.45) is 11.8 Å². The SMILES string of the molecule is COCCCCc1c(C(=O)N(CC(C)C)[C@@H]2CNC[C@H](C(=O)N3CCOCC3)C2)nc2ccccn12. The van der Waals surface area contributed by atoms with Crippen LogP contribution in [0.5, 0.6) is 0 Å². The lowest BCUT2D eigenvalue weighted by atomic mass is 9.92. The summed E-state index contributed by atoms with van der Waals surface area (Å²) < 4.78 is 12.7. The van der Waals surface area contributed by atoms with Gasteiger partial charge in [0.05, 0.1) is 24.8 Å². The standard InChI is InChI=1S/C27H41N5O4/c1-20(2)19-32(22-16-21(17-28-18-22)26(33)30-11-14-36-15-12-30)27(34)25-23(8-5-7-13-35-3)31-10-6-4-9-24(31)29-25/h4,6,9-10,20-22,28H,5,7-8,11-19H2,1-3H3/t21-,22+/m1/s1. The van der Waals surface area contributed by atoms with Crippen molar-refractivity contribution in [2.75, 3.05) is 59.7 Å². The lowest BCUT2D eigenvalue weighted by Crippen LogP contribution is -2.56. The first-order chi connectivity index (χ1) is 17.5. The van der Waals surface area contributed by atoms with Crippen molar-refractivity contribution in [1.29, 1.82) is 0 Å². The molecule has 9 heteroatoms. The van der Waals surface area contributed by atoms with E-state index >= 15 is 0 Å². The Bertz CT molecular complexity index is 1020. The minimum Gasteiger partial charge on any atom is -0.385 e. The maximum atomic E-state index is 14.1. The summed E-state index contributed by atoms with van der Waals surface area (Å²) in [6, 6.07) is 5.81. The maximum absolute atomic E-state index is 14.1. The summed E-state index contributed by atoms with van der Waals surface area (Å²) in [5.41, 5.74) is 2.26. The fourth-order valence-corrected chi connectivity index (χ4v) is 5.31. The van der Waals surface area contributed by atoms with Gasteiger partial charge in [-0.3, -0.25) is 9.59 Å². The van der Waals surface area contributed by atoms with Gasteiger partial charge in [-0.2, -0.15) is 0 Å². The highest BCUT2D eigenvalue weighted by Gasteiger charge is 2.36. The second-order valence-corrected chi connectivity index (χ2v) is 10.3. The molecule has 0 aromatic carbocycles. The molecule has 2 aromatic rings. The van der Waals surface area contributed by atoms with Crippen LogP contribution in [0.25, 0.3) is 5.65 Å². The van der Waals surface area contributed by atoms with Crippen molar-refractivity contribution in [1.82, 2.24) is 24.5 Å². The number of carbonyl (C=O) groups excluding carboxylic acids is 2. The van der Waals surface area contributed by atoms with E-state index in [1.54, 1.807) is 7.11 Å². The number of hydrogen-bond donors (Lipinski definition) is 1. The number of methoxy groups -OCH3 is 1. The number of nitrogens with zero attached hydrogens (tertiary/aromatic N) is 4. The fourth-order valence-electron chi connectivity index (χ4n) is 5.31. The smallest absolute Gasteiger partial charge is 0.274 e. The molecule has 2 fully saturated rings. The molecule has 4 rings (SSSR count). The summed E-state index contributed by atoms with van der Waals surface area (Å²) in [6.45, 7) is 9.38. The van der Waals surface area contributed by atoms with Crippen LogP contribution in [-0.2, 0) is 20.7 Å². The van der Waals surface area contributed by atoms with Crippen molar-refractivity contribution < 1.29 is 19.1 Å². The molecule has 2 amide bonds. The molecule has 2 aromatic heterocycles. The molecule has 2 aliphatic rings. The summed E-state index contributed by atoms with van der Waals surface area (Å²) in [5.74, 6) is 0.282. The summed E-state index contributed by atoms with van der Waals surface area (Å²) in [7, 11) is 1.71. The number of ether oxygens (including phenoxy) is 2. The molecule has 2 saturated heterocycles. The molecular formula is C27H41N5O4. The highest BCUT2D eigenvalue weighted by atomic mass is 16.5. The number of piperidine rings is 1. The van der Waals surface area contributed by atoms with E-state index in [1.165, 1.54) is 0 Å². The number of unbranched alkanes of at least 4 members (excludes halogenated alkanes) is 1. The molecule has 9 nitrogen and oxygen atoms in total. The lowest BCUT2D eigenvalue weighted by Gasteiger charge is -2.40. The van der Waals surface area contributed by atoms with Crippen molar-refractivity contribution in [2.45, 2.75) is 45.6 Å². The highest BCUT2D eigenvalue weighted by Crippen LogP contribution is 2.24. The Hall–Kier alpha value is -2.49. The van der Waals surface area contributed by atoms with Gasteiger partial charge in [0.2, 0.25) is 5.91 Å². The largest absolute Gasteiger partial charge is 0.385 e. The van der Waals surface area contributed by atoms with Gasteiger partial charge in [0.25, 0.3) is 5.91 Å². The van der Waals surface area contributed by atoms with Gasteiger partial charge in [-0.25, -0.2) is 4.98 Å². The van der Waals surface area contributed by atoms with E-state index < -0.39 is 0 Å². The number of rotatable bonds is 10. The van der Waals surface area contributed by atoms with Crippen LogP contribution in [0.15, 0.2) is 24.4 Å². The Morgan fingerprint density at radius 1 is 1.22 bits per heavy atom. The monoisotopic (exact) mass is 499 g/mol. The predicted molar refractivity (Wildman–Crippen MR) is 138 cm³/mol. The first-order valence-corrected chi connectivity index (χ1v) is 13.3. The van der Waals surface area contributed by atoms with Crippen LogP contribution in [0, 0.1) is 11.8 Å². The van der Waals surface area contributed by atoms with Crippen LogP contribution >= 0.6 is 0 Å². The summed E-state index contributed by atoms with van der Waals surface area (Å²) in [5, 5.41) is 3.44. The average molecular weight is 500 g/mol. The third-order valence-electron chi connectivity index (χ3n) is 7.11. The predicted octanol–water partition coefficient (Wildman–Crippen LogP) is 2.24. The van der Waals surface area contributed by atoms with Gasteiger partial charge in [0, 0.05) is 58.7 Å². The van der Waals surface area contributed by atoms with Gasteiger partial charge in [-0.05, 0) is 43.7 Å². The summed E-state index contributed by atoms with van der Waals surface area (Å²) in [6.07, 6.45) is 5.25.